The van der Waals surface area contributed by atoms with Crippen LogP contribution >= 0.6 is 0 Å². The number of carbonyl (C=O) groups excluding carboxylic acids is 1. The number of carbonyl (C=O) groups is 1. The Morgan fingerprint density at radius 2 is 2.00 bits per heavy atom. The predicted molar refractivity (Wildman–Crippen MR) is 91.8 cm³/mol. The molecule has 4 heteroatoms. The van der Waals surface area contributed by atoms with Gasteiger partial charge in [-0.2, -0.15) is 0 Å². The summed E-state index contributed by atoms with van der Waals surface area (Å²) in [7, 11) is 1.61. The van der Waals surface area contributed by atoms with E-state index in [4.69, 9.17) is 4.74 Å². The van der Waals surface area contributed by atoms with Gasteiger partial charge in [0.25, 0.3) is 5.91 Å². The zero-order chi connectivity index (χ0) is 16.1. The summed E-state index contributed by atoms with van der Waals surface area (Å²) in [6.45, 7) is 1.52. The molecular weight excluding hydrogens is 288 g/mol. The van der Waals surface area contributed by atoms with Crippen molar-refractivity contribution >= 4 is 5.91 Å². The summed E-state index contributed by atoms with van der Waals surface area (Å²) in [6.07, 6.45) is 8.28. The summed E-state index contributed by atoms with van der Waals surface area (Å²) >= 11 is 0. The lowest BCUT2D eigenvalue weighted by Crippen LogP contribution is -2.43. The number of ether oxygens (including phenoxy) is 1. The van der Waals surface area contributed by atoms with Gasteiger partial charge in [-0.05, 0) is 55.7 Å². The van der Waals surface area contributed by atoms with Crippen molar-refractivity contribution < 1.29 is 9.53 Å². The van der Waals surface area contributed by atoms with Crippen LogP contribution in [0.2, 0.25) is 0 Å². The molecule has 3 rings (SSSR count). The number of nitrogens with one attached hydrogen (secondary N) is 2. The van der Waals surface area contributed by atoms with E-state index in [1.807, 2.05) is 18.2 Å². The smallest absolute Gasteiger partial charge is 0.251 e. The van der Waals surface area contributed by atoms with E-state index in [2.05, 4.69) is 10.6 Å². The van der Waals surface area contributed by atoms with Crippen LogP contribution in [0.25, 0.3) is 0 Å². The zero-order valence-electron chi connectivity index (χ0n) is 14.0. The van der Waals surface area contributed by atoms with Crippen molar-refractivity contribution in [1.82, 2.24) is 10.6 Å². The molecule has 2 atom stereocenters. The monoisotopic (exact) mass is 316 g/mol. The van der Waals surface area contributed by atoms with Gasteiger partial charge >= 0.3 is 0 Å². The Labute approximate surface area is 139 Å². The lowest BCUT2D eigenvalue weighted by atomic mass is 9.81. The molecule has 2 N–H and O–H groups in total. The van der Waals surface area contributed by atoms with Gasteiger partial charge in [-0.15, -0.1) is 0 Å². The lowest BCUT2D eigenvalue weighted by Gasteiger charge is -2.32. The van der Waals surface area contributed by atoms with Crippen molar-refractivity contribution in [2.24, 2.45) is 11.8 Å². The molecule has 1 amide bonds. The van der Waals surface area contributed by atoms with Gasteiger partial charge in [0.15, 0.2) is 0 Å². The molecule has 2 aliphatic carbocycles. The Kier molecular flexibility index (Phi) is 5.55. The molecule has 0 aromatic heterocycles. The first-order chi connectivity index (χ1) is 11.3. The minimum absolute atomic E-state index is 0.0342. The third-order valence-electron chi connectivity index (χ3n) is 5.20. The zero-order valence-corrected chi connectivity index (χ0v) is 14.0. The number of methoxy groups -OCH3 is 1. The minimum Gasteiger partial charge on any atom is -0.497 e. The van der Waals surface area contributed by atoms with Crippen LogP contribution in [0.3, 0.4) is 0 Å². The number of amides is 1. The summed E-state index contributed by atoms with van der Waals surface area (Å²) in [5.74, 6) is 2.52. The van der Waals surface area contributed by atoms with E-state index in [0.717, 1.165) is 18.4 Å². The summed E-state index contributed by atoms with van der Waals surface area (Å²) in [4.78, 5) is 12.2. The van der Waals surface area contributed by atoms with Crippen LogP contribution in [0.1, 0.15) is 48.9 Å². The van der Waals surface area contributed by atoms with Gasteiger partial charge in [-0.3, -0.25) is 4.79 Å². The quantitative estimate of drug-likeness (QED) is 0.760. The Morgan fingerprint density at radius 3 is 2.78 bits per heavy atom. The molecule has 1 aromatic rings. The average Bonchev–Trinajstić information content (AvgIpc) is 3.44. The van der Waals surface area contributed by atoms with Crippen molar-refractivity contribution in [3.8, 4) is 5.75 Å². The second-order valence-corrected chi connectivity index (χ2v) is 6.83. The maximum absolute atomic E-state index is 12.2. The molecule has 0 radical (unpaired) electrons. The van der Waals surface area contributed by atoms with Gasteiger partial charge in [0, 0.05) is 24.7 Å². The first-order valence-electron chi connectivity index (χ1n) is 8.93. The van der Waals surface area contributed by atoms with E-state index in [1.54, 1.807) is 13.2 Å². The van der Waals surface area contributed by atoms with Gasteiger partial charge < -0.3 is 15.4 Å². The molecule has 126 valence electrons. The summed E-state index contributed by atoms with van der Waals surface area (Å²) in [5.41, 5.74) is 0.651. The Morgan fingerprint density at radius 1 is 1.17 bits per heavy atom. The fraction of sp³-hybridized carbons (Fsp3) is 0.632. The normalized spacial score (nSPS) is 24.2. The number of benzene rings is 1. The summed E-state index contributed by atoms with van der Waals surface area (Å²) in [6, 6.07) is 7.93. The van der Waals surface area contributed by atoms with Gasteiger partial charge in [0.2, 0.25) is 0 Å². The minimum atomic E-state index is -0.0342. The van der Waals surface area contributed by atoms with E-state index in [1.165, 1.54) is 38.5 Å². The van der Waals surface area contributed by atoms with Crippen LogP contribution in [-0.2, 0) is 0 Å². The molecule has 2 saturated carbocycles. The number of hydrogen-bond acceptors (Lipinski definition) is 3. The molecule has 2 fully saturated rings. The standard InChI is InChI=1S/C19H28N2O2/c1-23-16-6-4-5-15(13-16)19(22)21-12-11-20-18-8-3-2-7-17(18)14-9-10-14/h4-6,13-14,17-18,20H,2-3,7-12H2,1H3,(H,21,22)/t17-,18-/m1/s1. The van der Waals surface area contributed by atoms with Crippen molar-refractivity contribution in [3.63, 3.8) is 0 Å². The van der Waals surface area contributed by atoms with E-state index in [-0.39, 0.29) is 5.91 Å². The highest BCUT2D eigenvalue weighted by Gasteiger charge is 2.37. The number of rotatable bonds is 7. The van der Waals surface area contributed by atoms with Crippen LogP contribution in [0, 0.1) is 11.8 Å². The summed E-state index contributed by atoms with van der Waals surface area (Å²) in [5, 5.41) is 6.68. The molecule has 4 nitrogen and oxygen atoms in total. The first-order valence-corrected chi connectivity index (χ1v) is 8.93. The van der Waals surface area contributed by atoms with Crippen molar-refractivity contribution in [2.45, 2.75) is 44.6 Å². The Bertz CT molecular complexity index is 528. The second kappa shape index (κ2) is 7.82. The highest BCUT2D eigenvalue weighted by atomic mass is 16.5. The van der Waals surface area contributed by atoms with Crippen LogP contribution in [0.5, 0.6) is 5.75 Å². The topological polar surface area (TPSA) is 50.4 Å². The Hall–Kier alpha value is -1.55. The predicted octanol–water partition coefficient (Wildman–Crippen LogP) is 2.98. The highest BCUT2D eigenvalue weighted by Crippen LogP contribution is 2.43. The maximum Gasteiger partial charge on any atom is 0.251 e. The van der Waals surface area contributed by atoms with E-state index in [9.17, 15) is 4.79 Å². The summed E-state index contributed by atoms with van der Waals surface area (Å²) < 4.78 is 5.16. The second-order valence-electron chi connectivity index (χ2n) is 6.83. The van der Waals surface area contributed by atoms with Gasteiger partial charge in [0.1, 0.15) is 5.75 Å². The average molecular weight is 316 g/mol. The van der Waals surface area contributed by atoms with Gasteiger partial charge in [-0.25, -0.2) is 0 Å². The van der Waals surface area contributed by atoms with E-state index >= 15 is 0 Å². The molecule has 0 bridgehead atoms. The fourth-order valence-electron chi connectivity index (χ4n) is 3.80. The molecule has 0 aliphatic heterocycles. The SMILES string of the molecule is COc1cccc(C(=O)NCCN[C@@H]2CCCC[C@@H]2C2CC2)c1. The molecule has 23 heavy (non-hydrogen) atoms. The highest BCUT2D eigenvalue weighted by molar-refractivity contribution is 5.94. The van der Waals surface area contributed by atoms with E-state index in [0.29, 0.717) is 23.9 Å². The molecule has 1 aromatic carbocycles. The van der Waals surface area contributed by atoms with Crippen LogP contribution in [-0.4, -0.2) is 32.1 Å². The molecule has 0 saturated heterocycles. The van der Waals surface area contributed by atoms with Crippen molar-refractivity contribution in [1.29, 1.82) is 0 Å². The molecule has 0 heterocycles. The molecule has 0 unspecified atom stereocenters. The molecule has 2 aliphatic rings. The van der Waals surface area contributed by atoms with Gasteiger partial charge in [-0.1, -0.05) is 18.9 Å². The molecule has 0 spiro atoms. The van der Waals surface area contributed by atoms with Crippen LogP contribution in [0.15, 0.2) is 24.3 Å². The largest absolute Gasteiger partial charge is 0.497 e. The number of hydrogen-bond donors (Lipinski definition) is 2. The fourth-order valence-corrected chi connectivity index (χ4v) is 3.80. The Balaban J connectivity index is 1.41. The lowest BCUT2D eigenvalue weighted by molar-refractivity contribution is 0.0952. The van der Waals surface area contributed by atoms with Crippen LogP contribution < -0.4 is 15.4 Å². The van der Waals surface area contributed by atoms with Crippen molar-refractivity contribution in [2.75, 3.05) is 20.2 Å². The maximum atomic E-state index is 12.2. The molecular formula is C19H28N2O2. The van der Waals surface area contributed by atoms with Crippen LogP contribution in [0.4, 0.5) is 0 Å². The van der Waals surface area contributed by atoms with Crippen molar-refractivity contribution in [3.05, 3.63) is 29.8 Å². The van der Waals surface area contributed by atoms with Gasteiger partial charge in [0.05, 0.1) is 7.11 Å². The third kappa shape index (κ3) is 4.47. The first kappa shape index (κ1) is 16.3. The third-order valence-corrected chi connectivity index (χ3v) is 5.20. The van der Waals surface area contributed by atoms with E-state index < -0.39 is 0 Å².